The number of fused-ring (bicyclic) bond motifs is 1. The number of hydrazine groups is 1. The molecule has 3 rings (SSSR count). The summed E-state index contributed by atoms with van der Waals surface area (Å²) in [6.07, 6.45) is 2.80. The molecule has 1 aliphatic rings. The second kappa shape index (κ2) is 10.5. The number of nitrogens with zero attached hydrogens (tertiary/aromatic N) is 3. The van der Waals surface area contributed by atoms with Crippen molar-refractivity contribution in [1.29, 1.82) is 0 Å². The Balaban J connectivity index is 2.01. The van der Waals surface area contributed by atoms with Crippen molar-refractivity contribution in [3.05, 3.63) is 58.7 Å². The quantitative estimate of drug-likeness (QED) is 0.436. The molecule has 1 unspecified atom stereocenters. The number of carbonyl (C=O) groups excluding carboxylic acids is 2. The highest BCUT2D eigenvalue weighted by atomic mass is 32.2. The van der Waals surface area contributed by atoms with E-state index in [9.17, 15) is 23.0 Å². The van der Waals surface area contributed by atoms with Crippen molar-refractivity contribution in [2.75, 3.05) is 13.4 Å². The molecule has 0 saturated carbocycles. The van der Waals surface area contributed by atoms with E-state index in [0.29, 0.717) is 33.2 Å². The summed E-state index contributed by atoms with van der Waals surface area (Å²) >= 11 is 0. The molecule has 0 spiro atoms. The number of rotatable bonds is 6. The largest absolute Gasteiger partial charge is 0.496 e. The summed E-state index contributed by atoms with van der Waals surface area (Å²) < 4.78 is 29.9. The second-order valence-corrected chi connectivity index (χ2v) is 11.9. The van der Waals surface area contributed by atoms with Gasteiger partial charge in [0.05, 0.1) is 25.6 Å². The summed E-state index contributed by atoms with van der Waals surface area (Å²) in [5.74, 6) is -0.415. The number of sulfonamides is 1. The third kappa shape index (κ3) is 5.80. The third-order valence-electron chi connectivity index (χ3n) is 6.36. The summed E-state index contributed by atoms with van der Waals surface area (Å²) in [7, 11) is -3.89. The molecule has 198 valence electrons. The van der Waals surface area contributed by atoms with Gasteiger partial charge in [-0.05, 0) is 54.1 Å². The smallest absolute Gasteiger partial charge is 0.484 e. The first-order valence-corrected chi connectivity index (χ1v) is 13.7. The van der Waals surface area contributed by atoms with Crippen molar-refractivity contribution in [2.45, 2.75) is 47.1 Å². The maximum Gasteiger partial charge on any atom is 0.484 e. The fourth-order valence-electron chi connectivity index (χ4n) is 4.45. The predicted octanol–water partition coefficient (Wildman–Crippen LogP) is 1.91. The number of ether oxygens (including phenoxy) is 1. The Morgan fingerprint density at radius 2 is 1.92 bits per heavy atom. The zero-order chi connectivity index (χ0) is 27.7. The lowest BCUT2D eigenvalue weighted by molar-refractivity contribution is 0.0284. The average molecular weight is 528 g/mol. The minimum atomic E-state index is -3.83. The zero-order valence-corrected chi connectivity index (χ0v) is 23.0. The van der Waals surface area contributed by atoms with E-state index in [1.807, 2.05) is 27.7 Å². The van der Waals surface area contributed by atoms with Gasteiger partial charge >= 0.3 is 7.05 Å². The third-order valence-corrected chi connectivity index (χ3v) is 7.33. The van der Waals surface area contributed by atoms with Gasteiger partial charge in [-0.25, -0.2) is 17.8 Å². The molecule has 0 aromatic heterocycles. The molecule has 0 aliphatic carbocycles. The van der Waals surface area contributed by atoms with Gasteiger partial charge < -0.3 is 9.76 Å². The molecule has 10 nitrogen and oxygen atoms in total. The van der Waals surface area contributed by atoms with Gasteiger partial charge in [0.2, 0.25) is 10.0 Å². The Labute approximate surface area is 218 Å². The second-order valence-electron chi connectivity index (χ2n) is 10.0. The van der Waals surface area contributed by atoms with Crippen molar-refractivity contribution < 1.29 is 27.8 Å². The number of nitrogens with one attached hydrogen (secondary N) is 1. The number of methoxy groups -OCH3 is 1. The lowest BCUT2D eigenvalue weighted by Gasteiger charge is -2.39. The molecule has 0 bridgehead atoms. The van der Waals surface area contributed by atoms with E-state index in [-0.39, 0.29) is 28.4 Å². The normalized spacial score (nSPS) is 14.2. The van der Waals surface area contributed by atoms with Crippen LogP contribution >= 0.6 is 0 Å². The van der Waals surface area contributed by atoms with Crippen LogP contribution in [0.3, 0.4) is 0 Å². The van der Waals surface area contributed by atoms with Gasteiger partial charge in [0.1, 0.15) is 5.75 Å². The molecular weight excluding hydrogens is 495 g/mol. The molecule has 0 fully saturated rings. The van der Waals surface area contributed by atoms with Crippen LogP contribution < -0.4 is 15.6 Å². The number of hydrogen-bond acceptors (Lipinski definition) is 7. The molecule has 37 heavy (non-hydrogen) atoms. The van der Waals surface area contributed by atoms with Crippen LogP contribution in [0.2, 0.25) is 0 Å². The first kappa shape index (κ1) is 28.2. The summed E-state index contributed by atoms with van der Waals surface area (Å²) in [5, 5.41) is 15.8. The van der Waals surface area contributed by atoms with Gasteiger partial charge in [0.15, 0.2) is 0 Å². The van der Waals surface area contributed by atoms with Crippen molar-refractivity contribution in [1.82, 2.24) is 14.8 Å². The summed E-state index contributed by atoms with van der Waals surface area (Å²) in [6, 6.07) is 9.30. The van der Waals surface area contributed by atoms with E-state index < -0.39 is 23.0 Å². The molecule has 2 aromatic rings. The molecule has 0 radical (unpaired) electrons. The topological polar surface area (TPSA) is 129 Å². The van der Waals surface area contributed by atoms with E-state index in [2.05, 4.69) is 10.5 Å². The first-order chi connectivity index (χ1) is 17.2. The van der Waals surface area contributed by atoms with Crippen LogP contribution in [-0.2, 0) is 10.0 Å². The lowest BCUT2D eigenvalue weighted by Crippen LogP contribution is -2.56. The molecule has 2 amide bonds. The minimum absolute atomic E-state index is 0.144. The average Bonchev–Trinajstić information content (AvgIpc) is 2.82. The van der Waals surface area contributed by atoms with Crippen molar-refractivity contribution in [3.63, 3.8) is 0 Å². The van der Waals surface area contributed by atoms with Crippen molar-refractivity contribution in [2.24, 2.45) is 10.5 Å². The molecule has 12 heteroatoms. The number of benzene rings is 2. The van der Waals surface area contributed by atoms with Crippen LogP contribution in [0.25, 0.3) is 0 Å². The molecular formula is C25H33BN4O6S. The SMILES string of the molecule is CCC(N(NC(=O)c1ccc2c(c1)B(O)N(S(C)(=O)=O)N=C2)C(=O)c1cccc(OC)c1C)C(C)(C)C. The minimum Gasteiger partial charge on any atom is -0.496 e. The molecule has 0 saturated heterocycles. The highest BCUT2D eigenvalue weighted by Gasteiger charge is 2.37. The Kier molecular flexibility index (Phi) is 8.04. The monoisotopic (exact) mass is 528 g/mol. The van der Waals surface area contributed by atoms with Crippen LogP contribution in [0.15, 0.2) is 41.5 Å². The molecule has 1 heterocycles. The van der Waals surface area contributed by atoms with Gasteiger partial charge in [0.25, 0.3) is 11.8 Å². The maximum atomic E-state index is 13.8. The fourth-order valence-corrected chi connectivity index (χ4v) is 5.14. The van der Waals surface area contributed by atoms with Gasteiger partial charge in [-0.2, -0.15) is 5.10 Å². The Hall–Kier alpha value is -3.38. The Morgan fingerprint density at radius 3 is 2.49 bits per heavy atom. The van der Waals surface area contributed by atoms with Gasteiger partial charge in [-0.3, -0.25) is 15.0 Å². The van der Waals surface area contributed by atoms with E-state index in [1.54, 1.807) is 31.2 Å². The predicted molar refractivity (Wildman–Crippen MR) is 143 cm³/mol. The van der Waals surface area contributed by atoms with E-state index in [0.717, 1.165) is 6.26 Å². The van der Waals surface area contributed by atoms with Crippen LogP contribution in [0.5, 0.6) is 5.75 Å². The standard InChI is InChI=1S/C25H33BN4O6S/c1-8-22(25(3,4)5)29(24(32)19-10-9-11-21(36-6)16(19)2)28-23(31)17-12-13-18-15-27-30(37(7,34)35)26(33)20(18)14-17/h9-15,22,33H,8H2,1-7H3,(H,28,31). The van der Waals surface area contributed by atoms with Gasteiger partial charge in [-0.1, -0.05) is 39.8 Å². The number of hydrogen-bond donors (Lipinski definition) is 2. The van der Waals surface area contributed by atoms with Gasteiger partial charge in [-0.15, -0.1) is 0 Å². The number of hydrazone groups is 1. The fraction of sp³-hybridized carbons (Fsp3) is 0.400. The van der Waals surface area contributed by atoms with Crippen LogP contribution in [-0.4, -0.2) is 67.3 Å². The summed E-state index contributed by atoms with van der Waals surface area (Å²) in [4.78, 5) is 27.3. The molecule has 1 aliphatic heterocycles. The Bertz CT molecular complexity index is 1340. The maximum absolute atomic E-state index is 13.8. The highest BCUT2D eigenvalue weighted by Crippen LogP contribution is 2.29. The Morgan fingerprint density at radius 1 is 1.24 bits per heavy atom. The summed E-state index contributed by atoms with van der Waals surface area (Å²) in [6.45, 7) is 9.68. The number of amides is 2. The number of carbonyl (C=O) groups is 2. The van der Waals surface area contributed by atoms with Crippen LogP contribution in [0, 0.1) is 12.3 Å². The molecule has 2 aromatic carbocycles. The first-order valence-electron chi connectivity index (χ1n) is 11.8. The van der Waals surface area contributed by atoms with E-state index >= 15 is 0 Å². The van der Waals surface area contributed by atoms with Crippen LogP contribution in [0.4, 0.5) is 0 Å². The summed E-state index contributed by atoms with van der Waals surface area (Å²) in [5.41, 5.74) is 4.27. The van der Waals surface area contributed by atoms with Crippen molar-refractivity contribution >= 4 is 40.6 Å². The van der Waals surface area contributed by atoms with Crippen molar-refractivity contribution in [3.8, 4) is 5.75 Å². The zero-order valence-electron chi connectivity index (χ0n) is 22.1. The van der Waals surface area contributed by atoms with E-state index in [1.165, 1.54) is 30.5 Å². The van der Waals surface area contributed by atoms with Gasteiger partial charge in [0, 0.05) is 16.7 Å². The molecule has 1 atom stereocenters. The lowest BCUT2D eigenvalue weighted by atomic mass is 9.71. The molecule has 2 N–H and O–H groups in total. The highest BCUT2D eigenvalue weighted by molar-refractivity contribution is 7.89. The van der Waals surface area contributed by atoms with Crippen LogP contribution in [0.1, 0.15) is 66.0 Å². The van der Waals surface area contributed by atoms with E-state index in [4.69, 9.17) is 4.74 Å².